The summed E-state index contributed by atoms with van der Waals surface area (Å²) in [5, 5.41) is 3.07. The van der Waals surface area contributed by atoms with Gasteiger partial charge in [0.25, 0.3) is 0 Å². The second kappa shape index (κ2) is 7.00. The Bertz CT molecular complexity index is 481. The Hall–Kier alpha value is -1.14. The molecule has 1 saturated heterocycles. The quantitative estimate of drug-likeness (QED) is 0.792. The third kappa shape index (κ3) is 3.91. The van der Waals surface area contributed by atoms with E-state index in [9.17, 15) is 9.59 Å². The largest absolute Gasteiger partial charge is 0.352 e. The van der Waals surface area contributed by atoms with Crippen molar-refractivity contribution < 1.29 is 9.59 Å². The summed E-state index contributed by atoms with van der Waals surface area (Å²) in [6.45, 7) is 6.92. The van der Waals surface area contributed by atoms with E-state index < -0.39 is 0 Å². The monoisotopic (exact) mass is 336 g/mol. The third-order valence-electron chi connectivity index (χ3n) is 6.03. The van der Waals surface area contributed by atoms with Crippen LogP contribution < -0.4 is 11.1 Å². The maximum absolute atomic E-state index is 12.9. The molecule has 1 heterocycles. The average Bonchev–Trinajstić information content (AvgIpc) is 3.37. The Labute approximate surface area is 145 Å². The van der Waals surface area contributed by atoms with Crippen LogP contribution >= 0.6 is 0 Å². The third-order valence-corrected chi connectivity index (χ3v) is 6.03. The van der Waals surface area contributed by atoms with E-state index in [4.69, 9.17) is 5.73 Å². The Morgan fingerprint density at radius 2 is 1.79 bits per heavy atom. The maximum Gasteiger partial charge on any atom is 0.237 e. The second-order valence-corrected chi connectivity index (χ2v) is 8.12. The highest BCUT2D eigenvalue weighted by Crippen LogP contribution is 2.33. The van der Waals surface area contributed by atoms with Crippen molar-refractivity contribution in [3.05, 3.63) is 0 Å². The minimum absolute atomic E-state index is 0.0478. The Morgan fingerprint density at radius 1 is 1.12 bits per heavy atom. The first-order valence-electron chi connectivity index (χ1n) is 9.50. The molecule has 3 rings (SSSR count). The zero-order valence-corrected chi connectivity index (χ0v) is 15.1. The van der Waals surface area contributed by atoms with Gasteiger partial charge in [0.1, 0.15) is 0 Å². The molecular formula is C18H32N4O2. The molecule has 3 atom stereocenters. The SMILES string of the molecule is CC(C(=O)NC1CC1)N1CCN(C(=O)C2CCCCC2(C)N)CC1. The fourth-order valence-corrected chi connectivity index (χ4v) is 4.03. The van der Waals surface area contributed by atoms with Crippen LogP contribution in [0.15, 0.2) is 0 Å². The van der Waals surface area contributed by atoms with E-state index in [0.717, 1.165) is 51.6 Å². The van der Waals surface area contributed by atoms with Crippen LogP contribution in [-0.4, -0.2) is 65.4 Å². The average molecular weight is 336 g/mol. The summed E-state index contributed by atoms with van der Waals surface area (Å²) in [7, 11) is 0. The van der Waals surface area contributed by atoms with Crippen LogP contribution in [0.3, 0.4) is 0 Å². The van der Waals surface area contributed by atoms with Crippen LogP contribution in [0.1, 0.15) is 52.4 Å². The predicted octanol–water partition coefficient (Wildman–Crippen LogP) is 0.705. The zero-order chi connectivity index (χ0) is 17.3. The number of carbonyl (C=O) groups is 2. The molecule has 3 aliphatic rings. The topological polar surface area (TPSA) is 78.7 Å². The fraction of sp³-hybridized carbons (Fsp3) is 0.889. The highest BCUT2D eigenvalue weighted by Gasteiger charge is 2.40. The molecule has 2 amide bonds. The van der Waals surface area contributed by atoms with Gasteiger partial charge in [-0.1, -0.05) is 12.8 Å². The lowest BCUT2D eigenvalue weighted by Crippen LogP contribution is -2.59. The van der Waals surface area contributed by atoms with Gasteiger partial charge in [-0.15, -0.1) is 0 Å². The van der Waals surface area contributed by atoms with Crippen molar-refractivity contribution in [1.29, 1.82) is 0 Å². The van der Waals surface area contributed by atoms with E-state index in [0.29, 0.717) is 19.1 Å². The van der Waals surface area contributed by atoms with Crippen LogP contribution in [0.5, 0.6) is 0 Å². The summed E-state index contributed by atoms with van der Waals surface area (Å²) in [4.78, 5) is 29.2. The highest BCUT2D eigenvalue weighted by molar-refractivity contribution is 5.82. The molecule has 6 heteroatoms. The number of nitrogens with two attached hydrogens (primary N) is 1. The molecule has 3 N–H and O–H groups in total. The maximum atomic E-state index is 12.9. The number of nitrogens with zero attached hydrogens (tertiary/aromatic N) is 2. The van der Waals surface area contributed by atoms with E-state index in [1.54, 1.807) is 0 Å². The van der Waals surface area contributed by atoms with Gasteiger partial charge in [-0.3, -0.25) is 14.5 Å². The number of carbonyl (C=O) groups excluding carboxylic acids is 2. The van der Waals surface area contributed by atoms with E-state index in [1.807, 2.05) is 18.7 Å². The lowest BCUT2D eigenvalue weighted by molar-refractivity contribution is -0.141. The van der Waals surface area contributed by atoms with Gasteiger partial charge in [0.15, 0.2) is 0 Å². The Morgan fingerprint density at radius 3 is 2.38 bits per heavy atom. The summed E-state index contributed by atoms with van der Waals surface area (Å²) in [6, 6.07) is 0.286. The van der Waals surface area contributed by atoms with Gasteiger partial charge in [0.2, 0.25) is 11.8 Å². The normalized spacial score (nSPS) is 33.1. The molecule has 2 saturated carbocycles. The van der Waals surface area contributed by atoms with Gasteiger partial charge in [-0.25, -0.2) is 0 Å². The molecule has 0 aromatic rings. The smallest absolute Gasteiger partial charge is 0.237 e. The molecule has 0 aromatic heterocycles. The molecule has 0 radical (unpaired) electrons. The molecule has 6 nitrogen and oxygen atoms in total. The lowest BCUT2D eigenvalue weighted by Gasteiger charge is -2.43. The number of nitrogens with one attached hydrogen (secondary N) is 1. The number of hydrogen-bond acceptors (Lipinski definition) is 4. The van der Waals surface area contributed by atoms with Crippen molar-refractivity contribution in [2.45, 2.75) is 70.0 Å². The molecule has 2 aliphatic carbocycles. The molecule has 3 fully saturated rings. The van der Waals surface area contributed by atoms with E-state index in [1.165, 1.54) is 0 Å². The molecular weight excluding hydrogens is 304 g/mol. The molecule has 3 unspecified atom stereocenters. The van der Waals surface area contributed by atoms with Gasteiger partial charge in [-0.2, -0.15) is 0 Å². The Balaban J connectivity index is 1.50. The second-order valence-electron chi connectivity index (χ2n) is 8.12. The van der Waals surface area contributed by atoms with Crippen molar-refractivity contribution in [3.63, 3.8) is 0 Å². The summed E-state index contributed by atoms with van der Waals surface area (Å²) >= 11 is 0. The number of rotatable bonds is 4. The molecule has 1 aliphatic heterocycles. The van der Waals surface area contributed by atoms with Crippen LogP contribution in [0.4, 0.5) is 0 Å². The molecule has 24 heavy (non-hydrogen) atoms. The first-order valence-corrected chi connectivity index (χ1v) is 9.50. The van der Waals surface area contributed by atoms with Gasteiger partial charge in [-0.05, 0) is 39.5 Å². The summed E-state index contributed by atoms with van der Waals surface area (Å²) in [5.41, 5.74) is 6.02. The standard InChI is InChI=1S/C18H32N4O2/c1-13(16(23)20-14-6-7-14)21-9-11-22(12-10-21)17(24)15-5-3-4-8-18(15,2)19/h13-15H,3-12,19H2,1-2H3,(H,20,23). The minimum atomic E-state index is -0.371. The van der Waals surface area contributed by atoms with Gasteiger partial charge >= 0.3 is 0 Å². The lowest BCUT2D eigenvalue weighted by atomic mass is 9.74. The first-order chi connectivity index (χ1) is 11.4. The molecule has 0 spiro atoms. The first kappa shape index (κ1) is 17.7. The zero-order valence-electron chi connectivity index (χ0n) is 15.1. The fourth-order valence-electron chi connectivity index (χ4n) is 4.03. The molecule has 136 valence electrons. The van der Waals surface area contributed by atoms with Crippen molar-refractivity contribution in [1.82, 2.24) is 15.1 Å². The number of piperazine rings is 1. The van der Waals surface area contributed by atoms with Crippen LogP contribution in [0.2, 0.25) is 0 Å². The van der Waals surface area contributed by atoms with Gasteiger partial charge in [0, 0.05) is 37.8 Å². The highest BCUT2D eigenvalue weighted by atomic mass is 16.2. The van der Waals surface area contributed by atoms with Gasteiger partial charge in [0.05, 0.1) is 12.0 Å². The van der Waals surface area contributed by atoms with Crippen LogP contribution in [-0.2, 0) is 9.59 Å². The molecule has 0 aromatic carbocycles. The predicted molar refractivity (Wildman–Crippen MR) is 93.3 cm³/mol. The van der Waals surface area contributed by atoms with E-state index in [-0.39, 0.29) is 29.3 Å². The summed E-state index contributed by atoms with van der Waals surface area (Å²) in [5.74, 6) is 0.293. The molecule has 0 bridgehead atoms. The van der Waals surface area contributed by atoms with E-state index >= 15 is 0 Å². The van der Waals surface area contributed by atoms with Crippen molar-refractivity contribution in [2.75, 3.05) is 26.2 Å². The van der Waals surface area contributed by atoms with Crippen molar-refractivity contribution in [3.8, 4) is 0 Å². The van der Waals surface area contributed by atoms with Crippen LogP contribution in [0, 0.1) is 5.92 Å². The van der Waals surface area contributed by atoms with E-state index in [2.05, 4.69) is 10.2 Å². The number of hydrogen-bond donors (Lipinski definition) is 2. The van der Waals surface area contributed by atoms with Crippen molar-refractivity contribution in [2.24, 2.45) is 11.7 Å². The summed E-state index contributed by atoms with van der Waals surface area (Å²) < 4.78 is 0. The Kier molecular flexibility index (Phi) is 5.16. The van der Waals surface area contributed by atoms with Gasteiger partial charge < -0.3 is 16.0 Å². The minimum Gasteiger partial charge on any atom is -0.352 e. The summed E-state index contributed by atoms with van der Waals surface area (Å²) in [6.07, 6.45) is 6.29. The van der Waals surface area contributed by atoms with Crippen molar-refractivity contribution >= 4 is 11.8 Å². The van der Waals surface area contributed by atoms with Crippen LogP contribution in [0.25, 0.3) is 0 Å². The number of amides is 2.